The molecule has 0 radical (unpaired) electrons. The lowest BCUT2D eigenvalue weighted by molar-refractivity contribution is -0.113. The van der Waals surface area contributed by atoms with Crippen LogP contribution in [0.1, 0.15) is 33.5 Å². The summed E-state index contributed by atoms with van der Waals surface area (Å²) in [5.41, 5.74) is 10.2. The summed E-state index contributed by atoms with van der Waals surface area (Å²) in [6, 6.07) is 8.68. The molecule has 7 nitrogen and oxygen atoms in total. The average Bonchev–Trinajstić information content (AvgIpc) is 2.72. The summed E-state index contributed by atoms with van der Waals surface area (Å²) in [6.45, 7) is 6.90. The van der Waals surface area contributed by atoms with Crippen LogP contribution in [0.2, 0.25) is 5.02 Å². The number of hydrogen-bond donors (Lipinski definition) is 3. The van der Waals surface area contributed by atoms with Crippen LogP contribution in [0.25, 0.3) is 0 Å². The second-order valence-corrected chi connectivity index (χ2v) is 8.84. The van der Waals surface area contributed by atoms with Gasteiger partial charge in [0.05, 0.1) is 16.5 Å². The smallest absolute Gasteiger partial charge is 0.286 e. The number of carbonyl (C=O) groups is 3. The lowest BCUT2D eigenvalue weighted by Crippen LogP contribution is -2.26. The summed E-state index contributed by atoms with van der Waals surface area (Å²) < 4.78 is 0. The molecule has 0 bridgehead atoms. The van der Waals surface area contributed by atoms with Crippen molar-refractivity contribution >= 4 is 51.8 Å². The first-order chi connectivity index (χ1) is 15.1. The van der Waals surface area contributed by atoms with Crippen molar-refractivity contribution in [2.24, 2.45) is 5.73 Å². The highest BCUT2D eigenvalue weighted by Crippen LogP contribution is 2.28. The summed E-state index contributed by atoms with van der Waals surface area (Å²) in [4.78, 5) is 38.6. The third-order valence-electron chi connectivity index (χ3n) is 4.74. The van der Waals surface area contributed by atoms with Crippen LogP contribution in [0, 0.1) is 20.8 Å². The van der Waals surface area contributed by atoms with Gasteiger partial charge in [-0.2, -0.15) is 0 Å². The number of hydrogen-bond acceptors (Lipinski definition) is 5. The van der Waals surface area contributed by atoms with Gasteiger partial charge in [-0.25, -0.2) is 0 Å². The number of halogens is 1. The Morgan fingerprint density at radius 1 is 1.09 bits per heavy atom. The number of nitrogens with zero attached hydrogens (tertiary/aromatic N) is 1. The Balaban J connectivity index is 1.94. The molecule has 0 atom stereocenters. The highest BCUT2D eigenvalue weighted by molar-refractivity contribution is 8.14. The third-order valence-corrected chi connectivity index (χ3v) is 5.98. The molecule has 0 aliphatic rings. The van der Waals surface area contributed by atoms with E-state index >= 15 is 0 Å². The zero-order valence-electron chi connectivity index (χ0n) is 18.8. The molecule has 0 spiro atoms. The van der Waals surface area contributed by atoms with Crippen LogP contribution >= 0.6 is 23.4 Å². The van der Waals surface area contributed by atoms with Gasteiger partial charge < -0.3 is 21.3 Å². The Kier molecular flexibility index (Phi) is 9.56. The van der Waals surface area contributed by atoms with Crippen molar-refractivity contribution < 1.29 is 14.4 Å². The molecule has 9 heteroatoms. The molecule has 32 heavy (non-hydrogen) atoms. The zero-order valence-corrected chi connectivity index (χ0v) is 20.3. The maximum atomic E-state index is 12.6. The fourth-order valence-electron chi connectivity index (χ4n) is 3.37. The van der Waals surface area contributed by atoms with Gasteiger partial charge >= 0.3 is 0 Å². The maximum absolute atomic E-state index is 12.6. The fourth-order valence-corrected chi connectivity index (χ4v) is 4.21. The number of aryl methyl sites for hydroxylation is 3. The van der Waals surface area contributed by atoms with E-state index in [1.807, 2.05) is 32.9 Å². The second-order valence-electron chi connectivity index (χ2n) is 7.50. The number of anilines is 2. The van der Waals surface area contributed by atoms with E-state index in [0.29, 0.717) is 30.8 Å². The second kappa shape index (κ2) is 11.9. The molecule has 4 N–H and O–H groups in total. The van der Waals surface area contributed by atoms with Gasteiger partial charge in [0.1, 0.15) is 0 Å². The van der Waals surface area contributed by atoms with E-state index in [1.165, 1.54) is 6.07 Å². The van der Waals surface area contributed by atoms with Crippen LogP contribution in [0.15, 0.2) is 30.3 Å². The van der Waals surface area contributed by atoms with E-state index in [4.69, 9.17) is 17.3 Å². The summed E-state index contributed by atoms with van der Waals surface area (Å²) in [6.07, 6.45) is 0.683. The molecule has 0 fully saturated rings. The summed E-state index contributed by atoms with van der Waals surface area (Å²) >= 11 is 7.13. The maximum Gasteiger partial charge on any atom is 0.286 e. The van der Waals surface area contributed by atoms with E-state index in [-0.39, 0.29) is 27.8 Å². The highest BCUT2D eigenvalue weighted by Gasteiger charge is 2.18. The van der Waals surface area contributed by atoms with Gasteiger partial charge in [-0.05, 0) is 63.1 Å². The highest BCUT2D eigenvalue weighted by atomic mass is 35.5. The largest absolute Gasteiger partial charge is 0.352 e. The molecule has 0 unspecified atom stereocenters. The van der Waals surface area contributed by atoms with Crippen LogP contribution in [0.5, 0.6) is 0 Å². The molecule has 172 valence electrons. The van der Waals surface area contributed by atoms with Crippen molar-refractivity contribution in [3.8, 4) is 0 Å². The number of nitrogens with one attached hydrogen (secondary N) is 2. The first-order valence-electron chi connectivity index (χ1n) is 10.2. The molecular formula is C23H29ClN4O3S. The van der Waals surface area contributed by atoms with Crippen molar-refractivity contribution in [1.29, 1.82) is 0 Å². The zero-order chi connectivity index (χ0) is 23.8. The van der Waals surface area contributed by atoms with Gasteiger partial charge in [-0.1, -0.05) is 41.1 Å². The molecule has 2 aromatic rings. The Morgan fingerprint density at radius 3 is 2.34 bits per heavy atom. The minimum absolute atomic E-state index is 0.0647. The first kappa shape index (κ1) is 25.7. The van der Waals surface area contributed by atoms with E-state index in [1.54, 1.807) is 24.1 Å². The standard InChI is InChI=1S/C23H29ClN4O3S/c1-14-10-15(2)21(16(3)11-14)28(4)23(31)32-13-20(29)27-19-7-6-17(12-18(19)24)22(30)26-9-5-8-25/h6-7,10-12H,5,8-9,13,25H2,1-4H3,(H,26,30)(H,27,29). The number of thioether (sulfide) groups is 1. The Bertz CT molecular complexity index is 990. The van der Waals surface area contributed by atoms with Crippen LogP contribution in [0.3, 0.4) is 0 Å². The number of rotatable bonds is 8. The van der Waals surface area contributed by atoms with Gasteiger partial charge in [0.2, 0.25) is 5.91 Å². The number of amides is 3. The van der Waals surface area contributed by atoms with Crippen LogP contribution in [-0.4, -0.2) is 42.9 Å². The van der Waals surface area contributed by atoms with Gasteiger partial charge in [-0.3, -0.25) is 14.4 Å². The number of carbonyl (C=O) groups excluding carboxylic acids is 3. The predicted molar refractivity (Wildman–Crippen MR) is 133 cm³/mol. The van der Waals surface area contributed by atoms with Crippen molar-refractivity contribution in [3.05, 3.63) is 57.6 Å². The molecule has 0 saturated carbocycles. The molecule has 0 aliphatic heterocycles. The Morgan fingerprint density at radius 2 is 1.75 bits per heavy atom. The minimum atomic E-state index is -0.365. The van der Waals surface area contributed by atoms with Crippen molar-refractivity contribution in [1.82, 2.24) is 5.32 Å². The summed E-state index contributed by atoms with van der Waals surface area (Å²) in [5, 5.41) is 5.44. The molecule has 2 aromatic carbocycles. The normalized spacial score (nSPS) is 10.6. The molecule has 2 rings (SSSR count). The molecule has 0 saturated heterocycles. The predicted octanol–water partition coefficient (Wildman–Crippen LogP) is 4.27. The number of nitrogens with two attached hydrogens (primary N) is 1. The van der Waals surface area contributed by atoms with E-state index in [0.717, 1.165) is 34.1 Å². The lowest BCUT2D eigenvalue weighted by Gasteiger charge is -2.22. The van der Waals surface area contributed by atoms with E-state index in [9.17, 15) is 14.4 Å². The lowest BCUT2D eigenvalue weighted by atomic mass is 10.0. The fraction of sp³-hybridized carbons (Fsp3) is 0.348. The van der Waals surface area contributed by atoms with Gasteiger partial charge in [0.15, 0.2) is 0 Å². The van der Waals surface area contributed by atoms with Crippen LogP contribution < -0.4 is 21.3 Å². The van der Waals surface area contributed by atoms with Crippen LogP contribution in [0.4, 0.5) is 16.2 Å². The number of benzene rings is 2. The Hall–Kier alpha value is -2.55. The van der Waals surface area contributed by atoms with Gasteiger partial charge in [-0.15, -0.1) is 0 Å². The van der Waals surface area contributed by atoms with Gasteiger partial charge in [0, 0.05) is 24.8 Å². The topological polar surface area (TPSA) is 105 Å². The Labute approximate surface area is 198 Å². The molecular weight excluding hydrogens is 448 g/mol. The molecule has 0 aliphatic carbocycles. The monoisotopic (exact) mass is 476 g/mol. The molecule has 3 amide bonds. The third kappa shape index (κ3) is 6.98. The van der Waals surface area contributed by atoms with Gasteiger partial charge in [0.25, 0.3) is 11.1 Å². The van der Waals surface area contributed by atoms with E-state index in [2.05, 4.69) is 10.6 Å². The van der Waals surface area contributed by atoms with Crippen LogP contribution in [-0.2, 0) is 4.79 Å². The quantitative estimate of drug-likeness (QED) is 0.493. The summed E-state index contributed by atoms with van der Waals surface area (Å²) in [5.74, 6) is -0.689. The average molecular weight is 477 g/mol. The first-order valence-corrected chi connectivity index (χ1v) is 11.6. The van der Waals surface area contributed by atoms with Crippen molar-refractivity contribution in [3.63, 3.8) is 0 Å². The van der Waals surface area contributed by atoms with Crippen molar-refractivity contribution in [2.45, 2.75) is 27.2 Å². The summed E-state index contributed by atoms with van der Waals surface area (Å²) in [7, 11) is 1.70. The molecule has 0 aromatic heterocycles. The van der Waals surface area contributed by atoms with E-state index < -0.39 is 0 Å². The SMILES string of the molecule is Cc1cc(C)c(N(C)C(=O)SCC(=O)Nc2ccc(C(=O)NCCCN)cc2Cl)c(C)c1. The van der Waals surface area contributed by atoms with Crippen molar-refractivity contribution in [2.75, 3.05) is 36.1 Å². The molecule has 0 heterocycles. The minimum Gasteiger partial charge on any atom is -0.352 e.